The number of benzene rings is 1. The molecule has 1 fully saturated rings. The first kappa shape index (κ1) is 12.2. The van der Waals surface area contributed by atoms with E-state index in [-0.39, 0.29) is 5.91 Å². The van der Waals surface area contributed by atoms with Crippen molar-refractivity contribution in [2.75, 3.05) is 6.54 Å². The number of carbonyl (C=O) groups excluding carboxylic acids is 1. The molecule has 0 unspecified atom stereocenters. The van der Waals surface area contributed by atoms with Gasteiger partial charge in [-0.05, 0) is 30.5 Å². The van der Waals surface area contributed by atoms with Crippen molar-refractivity contribution in [3.8, 4) is 0 Å². The number of rotatable bonds is 5. The Bertz CT molecular complexity index is 426. The van der Waals surface area contributed by atoms with Gasteiger partial charge < -0.3 is 4.90 Å². The Kier molecular flexibility index (Phi) is 3.85. The number of alkyl halides is 1. The van der Waals surface area contributed by atoms with Crippen LogP contribution in [-0.4, -0.2) is 23.4 Å². The van der Waals surface area contributed by atoms with E-state index in [2.05, 4.69) is 6.58 Å². The second-order valence-corrected chi connectivity index (χ2v) is 4.58. The van der Waals surface area contributed by atoms with Crippen molar-refractivity contribution in [3.05, 3.63) is 48.0 Å². The molecule has 0 spiro atoms. The van der Waals surface area contributed by atoms with E-state index < -0.39 is 0 Å². The van der Waals surface area contributed by atoms with Crippen LogP contribution in [0, 0.1) is 0 Å². The first-order valence-electron chi connectivity index (χ1n) is 5.83. The van der Waals surface area contributed by atoms with Crippen molar-refractivity contribution in [1.82, 2.24) is 4.90 Å². The monoisotopic (exact) mass is 249 g/mol. The summed E-state index contributed by atoms with van der Waals surface area (Å²) in [5, 5.41) is 0. The zero-order valence-electron chi connectivity index (χ0n) is 9.73. The molecule has 0 radical (unpaired) electrons. The van der Waals surface area contributed by atoms with Gasteiger partial charge in [0.05, 0.1) is 0 Å². The molecule has 1 aliphatic carbocycles. The number of hydrogen-bond donors (Lipinski definition) is 0. The minimum Gasteiger partial charge on any atom is -0.332 e. The van der Waals surface area contributed by atoms with Crippen molar-refractivity contribution in [3.63, 3.8) is 0 Å². The largest absolute Gasteiger partial charge is 0.332 e. The summed E-state index contributed by atoms with van der Waals surface area (Å²) in [7, 11) is 0. The third-order valence-corrected chi connectivity index (χ3v) is 3.21. The van der Waals surface area contributed by atoms with Crippen LogP contribution in [0.5, 0.6) is 0 Å². The first-order chi connectivity index (χ1) is 8.26. The highest BCUT2D eigenvalue weighted by Crippen LogP contribution is 2.28. The van der Waals surface area contributed by atoms with Crippen LogP contribution in [-0.2, 0) is 5.88 Å². The summed E-state index contributed by atoms with van der Waals surface area (Å²) < 4.78 is 0. The van der Waals surface area contributed by atoms with Gasteiger partial charge in [-0.3, -0.25) is 4.79 Å². The van der Waals surface area contributed by atoms with Gasteiger partial charge in [0.2, 0.25) is 0 Å². The quantitative estimate of drug-likeness (QED) is 0.580. The molecular weight excluding hydrogens is 234 g/mol. The molecule has 2 rings (SSSR count). The van der Waals surface area contributed by atoms with Gasteiger partial charge in [0.1, 0.15) is 0 Å². The fourth-order valence-electron chi connectivity index (χ4n) is 1.88. The van der Waals surface area contributed by atoms with Crippen LogP contribution in [0.4, 0.5) is 0 Å². The van der Waals surface area contributed by atoms with Crippen LogP contribution in [0.2, 0.25) is 0 Å². The molecule has 0 bridgehead atoms. The highest BCUT2D eigenvalue weighted by Gasteiger charge is 2.32. The third-order valence-electron chi connectivity index (χ3n) is 2.90. The molecule has 1 aromatic carbocycles. The van der Waals surface area contributed by atoms with Gasteiger partial charge in [-0.15, -0.1) is 18.2 Å². The zero-order valence-corrected chi connectivity index (χ0v) is 10.5. The molecule has 1 aliphatic rings. The Labute approximate surface area is 107 Å². The average molecular weight is 250 g/mol. The van der Waals surface area contributed by atoms with Crippen molar-refractivity contribution in [2.45, 2.75) is 24.8 Å². The van der Waals surface area contributed by atoms with E-state index in [1.165, 1.54) is 0 Å². The highest BCUT2D eigenvalue weighted by molar-refractivity contribution is 6.17. The molecule has 0 atom stereocenters. The van der Waals surface area contributed by atoms with Crippen LogP contribution >= 0.6 is 11.6 Å². The first-order valence-corrected chi connectivity index (χ1v) is 6.36. The van der Waals surface area contributed by atoms with Crippen molar-refractivity contribution in [2.24, 2.45) is 0 Å². The standard InChI is InChI=1S/C14H16ClNO/c1-2-8-16(13-6-7-13)14(17)12-5-3-4-11(9-12)10-15/h2-5,9,13H,1,6-8,10H2. The third kappa shape index (κ3) is 2.89. The summed E-state index contributed by atoms with van der Waals surface area (Å²) in [4.78, 5) is 14.2. The minimum absolute atomic E-state index is 0.0827. The fourth-order valence-corrected chi connectivity index (χ4v) is 2.04. The van der Waals surface area contributed by atoms with Crippen molar-refractivity contribution in [1.29, 1.82) is 0 Å². The molecule has 1 amide bonds. The topological polar surface area (TPSA) is 20.3 Å². The van der Waals surface area contributed by atoms with E-state index in [1.807, 2.05) is 29.2 Å². The Morgan fingerprint density at radius 3 is 2.88 bits per heavy atom. The van der Waals surface area contributed by atoms with Gasteiger partial charge in [-0.1, -0.05) is 18.2 Å². The maximum atomic E-state index is 12.3. The van der Waals surface area contributed by atoms with Gasteiger partial charge in [0.25, 0.3) is 5.91 Å². The Hall–Kier alpha value is -1.28. The molecule has 3 heteroatoms. The molecule has 0 heterocycles. The number of nitrogens with zero attached hydrogens (tertiary/aromatic N) is 1. The van der Waals surface area contributed by atoms with Gasteiger partial charge >= 0.3 is 0 Å². The highest BCUT2D eigenvalue weighted by atomic mass is 35.5. The molecule has 1 saturated carbocycles. The second kappa shape index (κ2) is 5.37. The van der Waals surface area contributed by atoms with Crippen LogP contribution in [0.3, 0.4) is 0 Å². The van der Waals surface area contributed by atoms with Crippen molar-refractivity contribution < 1.29 is 4.79 Å². The molecule has 0 N–H and O–H groups in total. The number of hydrogen-bond acceptors (Lipinski definition) is 1. The zero-order chi connectivity index (χ0) is 12.3. The smallest absolute Gasteiger partial charge is 0.254 e. The lowest BCUT2D eigenvalue weighted by Gasteiger charge is -2.20. The average Bonchev–Trinajstić information content (AvgIpc) is 3.19. The summed E-state index contributed by atoms with van der Waals surface area (Å²) >= 11 is 5.78. The van der Waals surface area contributed by atoms with E-state index in [4.69, 9.17) is 11.6 Å². The van der Waals surface area contributed by atoms with Crippen LogP contribution in [0.25, 0.3) is 0 Å². The van der Waals surface area contributed by atoms with Crippen molar-refractivity contribution >= 4 is 17.5 Å². The van der Waals surface area contributed by atoms with E-state index in [1.54, 1.807) is 6.08 Å². The Balaban J connectivity index is 2.18. The SMILES string of the molecule is C=CCN(C(=O)c1cccc(CCl)c1)C1CC1. The maximum Gasteiger partial charge on any atom is 0.254 e. The molecule has 1 aromatic rings. The molecule has 0 saturated heterocycles. The second-order valence-electron chi connectivity index (χ2n) is 4.31. The number of halogens is 1. The predicted molar refractivity (Wildman–Crippen MR) is 70.3 cm³/mol. The molecule has 17 heavy (non-hydrogen) atoms. The van der Waals surface area contributed by atoms with E-state index in [0.717, 1.165) is 24.0 Å². The normalized spacial score (nSPS) is 14.4. The van der Waals surface area contributed by atoms with E-state index in [9.17, 15) is 4.79 Å². The predicted octanol–water partition coefficient (Wildman–Crippen LogP) is 3.22. The Morgan fingerprint density at radius 2 is 2.29 bits per heavy atom. The molecular formula is C14H16ClNO. The molecule has 90 valence electrons. The van der Waals surface area contributed by atoms with E-state index in [0.29, 0.717) is 18.5 Å². The lowest BCUT2D eigenvalue weighted by molar-refractivity contribution is 0.0762. The number of carbonyl (C=O) groups is 1. The number of amides is 1. The van der Waals surface area contributed by atoms with Gasteiger partial charge in [-0.25, -0.2) is 0 Å². The van der Waals surface area contributed by atoms with Gasteiger partial charge in [0, 0.05) is 24.0 Å². The van der Waals surface area contributed by atoms with Crippen LogP contribution in [0.15, 0.2) is 36.9 Å². The van der Waals surface area contributed by atoms with E-state index >= 15 is 0 Å². The molecule has 0 aromatic heterocycles. The fraction of sp³-hybridized carbons (Fsp3) is 0.357. The van der Waals surface area contributed by atoms with Gasteiger partial charge in [-0.2, -0.15) is 0 Å². The molecule has 0 aliphatic heterocycles. The summed E-state index contributed by atoms with van der Waals surface area (Å²) in [5.41, 5.74) is 1.70. The lowest BCUT2D eigenvalue weighted by atomic mass is 10.1. The summed E-state index contributed by atoms with van der Waals surface area (Å²) in [6.45, 7) is 4.33. The summed E-state index contributed by atoms with van der Waals surface area (Å²) in [5.74, 6) is 0.519. The lowest BCUT2D eigenvalue weighted by Crippen LogP contribution is -2.33. The summed E-state index contributed by atoms with van der Waals surface area (Å²) in [6, 6.07) is 7.92. The Morgan fingerprint density at radius 1 is 1.53 bits per heavy atom. The maximum absolute atomic E-state index is 12.3. The molecule has 2 nitrogen and oxygen atoms in total. The van der Waals surface area contributed by atoms with Crippen LogP contribution < -0.4 is 0 Å². The summed E-state index contributed by atoms with van der Waals surface area (Å²) in [6.07, 6.45) is 3.99. The van der Waals surface area contributed by atoms with Gasteiger partial charge in [0.15, 0.2) is 0 Å². The van der Waals surface area contributed by atoms with Crippen LogP contribution in [0.1, 0.15) is 28.8 Å². The minimum atomic E-state index is 0.0827.